The van der Waals surface area contributed by atoms with Gasteiger partial charge in [0.1, 0.15) is 0 Å². The van der Waals surface area contributed by atoms with Crippen molar-refractivity contribution in [2.45, 2.75) is 0 Å². The normalized spacial score (nSPS) is 11.4. The minimum Gasteiger partial charge on any atom is -0.244 e. The Balaban J connectivity index is 1.38. The molecule has 0 fully saturated rings. The van der Waals surface area contributed by atoms with Crippen LogP contribution in [0, 0.1) is 0 Å². The molecule has 35 heavy (non-hydrogen) atoms. The van der Waals surface area contributed by atoms with E-state index in [9.17, 15) is 0 Å². The molecule has 164 valence electrons. The molecular weight excluding hydrogens is 444 g/mol. The topological polar surface area (TPSA) is 25.8 Å². The number of aromatic nitrogens is 2. The molecule has 0 aliphatic carbocycles. The molecule has 0 radical (unpaired) electrons. The summed E-state index contributed by atoms with van der Waals surface area (Å²) in [7, 11) is 0. The molecular formula is C32H20N2S. The maximum Gasteiger partial charge on any atom is 0.0973 e. The smallest absolute Gasteiger partial charge is 0.0973 e. The minimum absolute atomic E-state index is 0.904. The lowest BCUT2D eigenvalue weighted by Crippen LogP contribution is -1.95. The van der Waals surface area contributed by atoms with Crippen molar-refractivity contribution in [3.8, 4) is 33.6 Å². The predicted molar refractivity (Wildman–Crippen MR) is 149 cm³/mol. The summed E-state index contributed by atoms with van der Waals surface area (Å²) in [6.45, 7) is 0. The number of benzene rings is 5. The molecule has 0 saturated heterocycles. The van der Waals surface area contributed by atoms with Crippen molar-refractivity contribution in [3.05, 3.63) is 121 Å². The number of thiophene rings is 1. The van der Waals surface area contributed by atoms with Crippen molar-refractivity contribution in [2.24, 2.45) is 0 Å². The molecule has 7 aromatic rings. The summed E-state index contributed by atoms with van der Waals surface area (Å²) in [4.78, 5) is 10.0. The van der Waals surface area contributed by atoms with E-state index >= 15 is 0 Å². The first-order valence-corrected chi connectivity index (χ1v) is 12.5. The second-order valence-corrected chi connectivity index (χ2v) is 9.69. The molecule has 0 saturated carbocycles. The number of fused-ring (bicyclic) bond motifs is 4. The van der Waals surface area contributed by atoms with E-state index in [1.165, 1.54) is 31.3 Å². The maximum absolute atomic E-state index is 5.04. The molecule has 2 nitrogen and oxygen atoms in total. The first-order valence-electron chi connectivity index (χ1n) is 11.7. The van der Waals surface area contributed by atoms with Gasteiger partial charge in [0.25, 0.3) is 0 Å². The summed E-state index contributed by atoms with van der Waals surface area (Å²) in [5.41, 5.74) is 8.23. The van der Waals surface area contributed by atoms with Crippen LogP contribution in [0.4, 0.5) is 0 Å². The van der Waals surface area contributed by atoms with Gasteiger partial charge in [0.15, 0.2) is 0 Å². The summed E-state index contributed by atoms with van der Waals surface area (Å²) in [6.07, 6.45) is 0. The zero-order valence-electron chi connectivity index (χ0n) is 18.8. The average molecular weight is 465 g/mol. The number of para-hydroxylation sites is 2. The Bertz CT molecular complexity index is 1830. The Hall–Kier alpha value is -4.34. The van der Waals surface area contributed by atoms with E-state index in [4.69, 9.17) is 9.97 Å². The highest BCUT2D eigenvalue weighted by Crippen LogP contribution is 2.40. The van der Waals surface area contributed by atoms with Crippen LogP contribution in [-0.2, 0) is 0 Å². The monoisotopic (exact) mass is 464 g/mol. The Kier molecular flexibility index (Phi) is 4.68. The van der Waals surface area contributed by atoms with Gasteiger partial charge in [-0.25, -0.2) is 9.97 Å². The van der Waals surface area contributed by atoms with Crippen LogP contribution in [0.1, 0.15) is 0 Å². The fraction of sp³-hybridized carbons (Fsp3) is 0. The van der Waals surface area contributed by atoms with Gasteiger partial charge in [0.05, 0.1) is 22.4 Å². The summed E-state index contributed by atoms with van der Waals surface area (Å²) in [6, 6.07) is 42.4. The lowest BCUT2D eigenvalue weighted by Gasteiger charge is -2.11. The zero-order chi connectivity index (χ0) is 23.2. The molecule has 0 bridgehead atoms. The van der Waals surface area contributed by atoms with Crippen LogP contribution in [0.2, 0.25) is 0 Å². The minimum atomic E-state index is 0.904. The Morgan fingerprint density at radius 3 is 1.74 bits per heavy atom. The van der Waals surface area contributed by atoms with Crippen molar-refractivity contribution in [1.82, 2.24) is 9.97 Å². The molecule has 2 aromatic heterocycles. The molecule has 7 rings (SSSR count). The van der Waals surface area contributed by atoms with E-state index in [2.05, 4.69) is 78.9 Å². The first-order chi connectivity index (χ1) is 17.3. The van der Waals surface area contributed by atoms with Crippen LogP contribution in [0.5, 0.6) is 0 Å². The molecule has 0 N–H and O–H groups in total. The zero-order valence-corrected chi connectivity index (χ0v) is 19.7. The summed E-state index contributed by atoms with van der Waals surface area (Å²) in [5, 5.41) is 2.64. The molecule has 0 aliphatic heterocycles. The van der Waals surface area contributed by atoms with Crippen molar-refractivity contribution in [1.29, 1.82) is 0 Å². The second kappa shape index (κ2) is 8.15. The van der Waals surface area contributed by atoms with E-state index < -0.39 is 0 Å². The lowest BCUT2D eigenvalue weighted by atomic mass is 9.99. The highest BCUT2D eigenvalue weighted by Gasteiger charge is 2.14. The second-order valence-electron chi connectivity index (χ2n) is 8.63. The Morgan fingerprint density at radius 1 is 0.429 bits per heavy atom. The van der Waals surface area contributed by atoms with Gasteiger partial charge in [0, 0.05) is 31.3 Å². The molecule has 0 atom stereocenters. The van der Waals surface area contributed by atoms with Crippen LogP contribution < -0.4 is 0 Å². The summed E-state index contributed by atoms with van der Waals surface area (Å²) in [5.74, 6) is 0. The molecule has 0 unspecified atom stereocenters. The van der Waals surface area contributed by atoms with Gasteiger partial charge in [-0.2, -0.15) is 0 Å². The van der Waals surface area contributed by atoms with E-state index in [-0.39, 0.29) is 0 Å². The van der Waals surface area contributed by atoms with E-state index in [0.29, 0.717) is 0 Å². The average Bonchev–Trinajstić information content (AvgIpc) is 3.32. The van der Waals surface area contributed by atoms with Gasteiger partial charge in [-0.15, -0.1) is 11.3 Å². The van der Waals surface area contributed by atoms with Gasteiger partial charge in [-0.1, -0.05) is 103 Å². The molecule has 0 spiro atoms. The number of hydrogen-bond acceptors (Lipinski definition) is 3. The maximum atomic E-state index is 5.04. The lowest BCUT2D eigenvalue weighted by molar-refractivity contribution is 1.29. The SMILES string of the molecule is c1ccc(-c2nc3ccccc3nc2-c2ccc(-c3cccc4c3sc3ccccc34)cc2)cc1. The van der Waals surface area contributed by atoms with Gasteiger partial charge >= 0.3 is 0 Å². The van der Waals surface area contributed by atoms with Gasteiger partial charge in [-0.3, -0.25) is 0 Å². The van der Waals surface area contributed by atoms with Gasteiger partial charge in [-0.05, 0) is 29.3 Å². The first kappa shape index (κ1) is 20.1. The van der Waals surface area contributed by atoms with E-state index in [1.807, 2.05) is 53.8 Å². The van der Waals surface area contributed by atoms with Crippen LogP contribution >= 0.6 is 11.3 Å². The molecule has 3 heteroatoms. The highest BCUT2D eigenvalue weighted by atomic mass is 32.1. The van der Waals surface area contributed by atoms with Gasteiger partial charge < -0.3 is 0 Å². The predicted octanol–water partition coefficient (Wildman–Crippen LogP) is 9.00. The van der Waals surface area contributed by atoms with Crippen LogP contribution in [-0.4, -0.2) is 9.97 Å². The molecule has 2 heterocycles. The quantitative estimate of drug-likeness (QED) is 0.261. The fourth-order valence-corrected chi connectivity index (χ4v) is 6.02. The molecule has 0 aliphatic rings. The number of hydrogen-bond donors (Lipinski definition) is 0. The van der Waals surface area contributed by atoms with Crippen LogP contribution in [0.15, 0.2) is 121 Å². The van der Waals surface area contributed by atoms with Crippen molar-refractivity contribution in [2.75, 3.05) is 0 Å². The van der Waals surface area contributed by atoms with Crippen molar-refractivity contribution in [3.63, 3.8) is 0 Å². The third-order valence-electron chi connectivity index (χ3n) is 6.49. The van der Waals surface area contributed by atoms with E-state index in [1.54, 1.807) is 0 Å². The standard InChI is InChI=1S/C32H20N2S/c1-2-9-22(10-3-1)30-31(34-28-15-6-5-14-27(28)33-30)23-19-17-21(18-20-23)24-12-8-13-26-25-11-4-7-16-29(25)35-32(24)26/h1-20H. The van der Waals surface area contributed by atoms with Crippen molar-refractivity contribution >= 4 is 42.5 Å². The molecule has 0 amide bonds. The fourth-order valence-electron chi connectivity index (χ4n) is 4.78. The van der Waals surface area contributed by atoms with Gasteiger partial charge in [0.2, 0.25) is 0 Å². The number of nitrogens with zero attached hydrogens (tertiary/aromatic N) is 2. The third-order valence-corrected chi connectivity index (χ3v) is 7.71. The van der Waals surface area contributed by atoms with Crippen molar-refractivity contribution < 1.29 is 0 Å². The third kappa shape index (κ3) is 3.40. The molecule has 5 aromatic carbocycles. The Labute approximate surface area is 207 Å². The summed E-state index contributed by atoms with van der Waals surface area (Å²) >= 11 is 1.86. The van der Waals surface area contributed by atoms with Crippen LogP contribution in [0.25, 0.3) is 64.8 Å². The van der Waals surface area contributed by atoms with Crippen LogP contribution in [0.3, 0.4) is 0 Å². The largest absolute Gasteiger partial charge is 0.244 e. The van der Waals surface area contributed by atoms with E-state index in [0.717, 1.165) is 33.5 Å². The highest BCUT2D eigenvalue weighted by molar-refractivity contribution is 7.26. The Morgan fingerprint density at radius 2 is 1.00 bits per heavy atom. The number of rotatable bonds is 3. The summed E-state index contributed by atoms with van der Waals surface area (Å²) < 4.78 is 2.66.